The van der Waals surface area contributed by atoms with Crippen molar-refractivity contribution in [3.63, 3.8) is 0 Å². The van der Waals surface area contributed by atoms with Crippen molar-refractivity contribution in [2.24, 2.45) is 0 Å². The van der Waals surface area contributed by atoms with Crippen LogP contribution in [-0.2, 0) is 4.79 Å². The lowest BCUT2D eigenvalue weighted by atomic mass is 10.2. The summed E-state index contributed by atoms with van der Waals surface area (Å²) < 4.78 is 11.3. The highest BCUT2D eigenvalue weighted by Gasteiger charge is 2.19. The molecular formula is C17H27NO3S. The summed E-state index contributed by atoms with van der Waals surface area (Å²) in [5.74, 6) is 2.04. The number of methoxy groups -OCH3 is 1. The zero-order chi connectivity index (χ0) is 16.6. The van der Waals surface area contributed by atoms with Gasteiger partial charge in [0, 0.05) is 17.0 Å². The van der Waals surface area contributed by atoms with Crippen LogP contribution in [0.2, 0.25) is 0 Å². The van der Waals surface area contributed by atoms with Crippen molar-refractivity contribution in [2.45, 2.75) is 45.0 Å². The van der Waals surface area contributed by atoms with Crippen LogP contribution in [0.25, 0.3) is 0 Å². The van der Waals surface area contributed by atoms with Gasteiger partial charge in [0.25, 0.3) is 5.91 Å². The molecule has 22 heavy (non-hydrogen) atoms. The second-order valence-electron chi connectivity index (χ2n) is 5.92. The normalized spacial score (nSPS) is 12.6. The molecule has 1 rings (SSSR count). The highest BCUT2D eigenvalue weighted by atomic mass is 32.2. The molecule has 0 bridgehead atoms. The molecule has 1 aromatic rings. The molecule has 4 nitrogen and oxygen atoms in total. The summed E-state index contributed by atoms with van der Waals surface area (Å²) in [4.78, 5) is 12.2. The molecule has 0 aliphatic heterocycles. The van der Waals surface area contributed by atoms with Gasteiger partial charge in [-0.1, -0.05) is 39.8 Å². The number of carbonyl (C=O) groups excluding carboxylic acids is 1. The molecule has 1 amide bonds. The van der Waals surface area contributed by atoms with E-state index in [4.69, 9.17) is 9.47 Å². The number of para-hydroxylation sites is 2. The van der Waals surface area contributed by atoms with Crippen molar-refractivity contribution < 1.29 is 14.3 Å². The minimum atomic E-state index is -0.504. The molecule has 0 fully saturated rings. The van der Waals surface area contributed by atoms with E-state index in [0.717, 1.165) is 5.75 Å². The minimum absolute atomic E-state index is 0.0806. The second-order valence-corrected chi connectivity index (χ2v) is 7.84. The summed E-state index contributed by atoms with van der Waals surface area (Å²) in [6.07, 6.45) is 0.104. The van der Waals surface area contributed by atoms with Crippen molar-refractivity contribution in [2.75, 3.05) is 19.4 Å². The maximum Gasteiger partial charge on any atom is 0.261 e. The Labute approximate surface area is 138 Å². The SMILES string of the molecule is CCC(Oc1ccccc1OC)C(=O)NCCSC(C)(C)C. The van der Waals surface area contributed by atoms with E-state index in [1.807, 2.05) is 43.0 Å². The summed E-state index contributed by atoms with van der Waals surface area (Å²) in [6, 6.07) is 7.36. The average Bonchev–Trinajstić information content (AvgIpc) is 2.48. The molecule has 1 aromatic carbocycles. The summed E-state index contributed by atoms with van der Waals surface area (Å²) >= 11 is 1.83. The van der Waals surface area contributed by atoms with Crippen molar-refractivity contribution in [3.8, 4) is 11.5 Å². The lowest BCUT2D eigenvalue weighted by Gasteiger charge is -2.20. The van der Waals surface area contributed by atoms with Gasteiger partial charge in [0.2, 0.25) is 0 Å². The molecular weight excluding hydrogens is 298 g/mol. The number of thioether (sulfide) groups is 1. The van der Waals surface area contributed by atoms with E-state index in [1.54, 1.807) is 7.11 Å². The molecule has 1 N–H and O–H groups in total. The van der Waals surface area contributed by atoms with Crippen molar-refractivity contribution in [1.29, 1.82) is 0 Å². The van der Waals surface area contributed by atoms with E-state index in [1.165, 1.54) is 0 Å². The lowest BCUT2D eigenvalue weighted by molar-refractivity contribution is -0.128. The van der Waals surface area contributed by atoms with E-state index in [9.17, 15) is 4.79 Å². The molecule has 124 valence electrons. The predicted molar refractivity (Wildman–Crippen MR) is 92.9 cm³/mol. The first-order valence-corrected chi connectivity index (χ1v) is 8.57. The topological polar surface area (TPSA) is 47.6 Å². The van der Waals surface area contributed by atoms with Gasteiger partial charge in [0.15, 0.2) is 17.6 Å². The van der Waals surface area contributed by atoms with Gasteiger partial charge in [-0.05, 0) is 18.6 Å². The van der Waals surface area contributed by atoms with Crippen LogP contribution in [0.4, 0.5) is 0 Å². The first-order chi connectivity index (χ1) is 10.4. The van der Waals surface area contributed by atoms with Crippen LogP contribution < -0.4 is 14.8 Å². The summed E-state index contributed by atoms with van der Waals surface area (Å²) in [6.45, 7) is 9.08. The Hall–Kier alpha value is -1.36. The largest absolute Gasteiger partial charge is 0.493 e. The summed E-state index contributed by atoms with van der Waals surface area (Å²) in [7, 11) is 1.59. The Bertz CT molecular complexity index is 471. The van der Waals surface area contributed by atoms with Crippen LogP contribution in [0.3, 0.4) is 0 Å². The van der Waals surface area contributed by atoms with E-state index in [-0.39, 0.29) is 10.7 Å². The molecule has 0 spiro atoms. The number of hydrogen-bond acceptors (Lipinski definition) is 4. The Morgan fingerprint density at radius 2 is 1.91 bits per heavy atom. The summed E-state index contributed by atoms with van der Waals surface area (Å²) in [5, 5.41) is 2.94. The van der Waals surface area contributed by atoms with Gasteiger partial charge >= 0.3 is 0 Å². The fraction of sp³-hybridized carbons (Fsp3) is 0.588. The Balaban J connectivity index is 2.51. The fourth-order valence-corrected chi connectivity index (χ4v) is 2.65. The molecule has 0 aliphatic carbocycles. The second kappa shape index (κ2) is 8.93. The number of hydrogen-bond donors (Lipinski definition) is 1. The van der Waals surface area contributed by atoms with Crippen LogP contribution in [0.15, 0.2) is 24.3 Å². The molecule has 5 heteroatoms. The minimum Gasteiger partial charge on any atom is -0.493 e. The van der Waals surface area contributed by atoms with Gasteiger partial charge in [-0.3, -0.25) is 4.79 Å². The fourth-order valence-electron chi connectivity index (χ4n) is 1.84. The molecule has 1 unspecified atom stereocenters. The lowest BCUT2D eigenvalue weighted by Crippen LogP contribution is -2.39. The highest BCUT2D eigenvalue weighted by molar-refractivity contribution is 8.00. The van der Waals surface area contributed by atoms with Gasteiger partial charge in [-0.25, -0.2) is 0 Å². The maximum absolute atomic E-state index is 12.2. The average molecular weight is 325 g/mol. The molecule has 0 saturated carbocycles. The maximum atomic E-state index is 12.2. The van der Waals surface area contributed by atoms with Crippen LogP contribution in [0.1, 0.15) is 34.1 Å². The third kappa shape index (κ3) is 6.60. The van der Waals surface area contributed by atoms with E-state index < -0.39 is 6.10 Å². The Kier molecular flexibility index (Phi) is 7.59. The van der Waals surface area contributed by atoms with E-state index in [2.05, 4.69) is 26.1 Å². The molecule has 0 radical (unpaired) electrons. The first kappa shape index (κ1) is 18.7. The van der Waals surface area contributed by atoms with Gasteiger partial charge in [-0.2, -0.15) is 11.8 Å². The number of amides is 1. The van der Waals surface area contributed by atoms with Crippen molar-refractivity contribution in [3.05, 3.63) is 24.3 Å². The van der Waals surface area contributed by atoms with E-state index in [0.29, 0.717) is 24.5 Å². The molecule has 1 atom stereocenters. The number of rotatable bonds is 8. The Morgan fingerprint density at radius 1 is 1.27 bits per heavy atom. The standard InChI is InChI=1S/C17H27NO3S/c1-6-13(16(19)18-11-12-22-17(2,3)4)21-15-10-8-7-9-14(15)20-5/h7-10,13H,6,11-12H2,1-5H3,(H,18,19). The van der Waals surface area contributed by atoms with Gasteiger partial charge in [0.05, 0.1) is 7.11 Å². The number of ether oxygens (including phenoxy) is 2. The van der Waals surface area contributed by atoms with Crippen LogP contribution in [-0.4, -0.2) is 36.2 Å². The van der Waals surface area contributed by atoms with Gasteiger partial charge in [-0.15, -0.1) is 0 Å². The predicted octanol–water partition coefficient (Wildman–Crippen LogP) is 3.50. The van der Waals surface area contributed by atoms with Gasteiger partial charge in [0.1, 0.15) is 0 Å². The quantitative estimate of drug-likeness (QED) is 0.743. The summed E-state index contributed by atoms with van der Waals surface area (Å²) in [5.41, 5.74) is 0. The number of nitrogens with one attached hydrogen (secondary N) is 1. The molecule has 0 aliphatic rings. The number of carbonyl (C=O) groups is 1. The highest BCUT2D eigenvalue weighted by Crippen LogP contribution is 2.27. The monoisotopic (exact) mass is 325 g/mol. The third-order valence-corrected chi connectivity index (χ3v) is 4.21. The number of benzene rings is 1. The van der Waals surface area contributed by atoms with Crippen molar-refractivity contribution >= 4 is 17.7 Å². The third-order valence-electron chi connectivity index (χ3n) is 2.94. The van der Waals surface area contributed by atoms with E-state index >= 15 is 0 Å². The zero-order valence-corrected chi connectivity index (χ0v) is 15.0. The van der Waals surface area contributed by atoms with Crippen LogP contribution in [0.5, 0.6) is 11.5 Å². The van der Waals surface area contributed by atoms with Crippen LogP contribution >= 0.6 is 11.8 Å². The smallest absolute Gasteiger partial charge is 0.261 e. The molecule has 0 heterocycles. The van der Waals surface area contributed by atoms with Gasteiger partial charge < -0.3 is 14.8 Å². The van der Waals surface area contributed by atoms with Crippen LogP contribution in [0, 0.1) is 0 Å². The van der Waals surface area contributed by atoms with Crippen molar-refractivity contribution in [1.82, 2.24) is 5.32 Å². The first-order valence-electron chi connectivity index (χ1n) is 7.58. The molecule has 0 aromatic heterocycles. The zero-order valence-electron chi connectivity index (χ0n) is 14.1. The molecule has 0 saturated heterocycles. The Morgan fingerprint density at radius 3 is 2.45 bits per heavy atom.